The van der Waals surface area contributed by atoms with Gasteiger partial charge < -0.3 is 9.46 Å². The van der Waals surface area contributed by atoms with Crippen LogP contribution in [0.2, 0.25) is 0 Å². The van der Waals surface area contributed by atoms with Crippen LogP contribution in [0.5, 0.6) is 0 Å². The minimum Gasteiger partial charge on any atom is -0.341 e. The number of nitrogens with zero attached hydrogens (tertiary/aromatic N) is 1. The Balaban J connectivity index is 2.89. The van der Waals surface area contributed by atoms with Crippen molar-refractivity contribution in [3.05, 3.63) is 35.9 Å². The zero-order valence-electron chi connectivity index (χ0n) is 18.7. The molecular formula is C24H42NO2P. The van der Waals surface area contributed by atoms with Crippen LogP contribution in [0.4, 0.5) is 0 Å². The van der Waals surface area contributed by atoms with Crippen molar-refractivity contribution in [1.82, 2.24) is 4.90 Å². The highest BCUT2D eigenvalue weighted by Gasteiger charge is 2.31. The molecule has 0 bridgehead atoms. The Kier molecular flexibility index (Phi) is 12.5. The summed E-state index contributed by atoms with van der Waals surface area (Å²) in [5.74, 6) is 0.864. The van der Waals surface area contributed by atoms with E-state index in [1.54, 1.807) is 0 Å². The van der Waals surface area contributed by atoms with Gasteiger partial charge in [-0.1, -0.05) is 97.1 Å². The largest absolute Gasteiger partial charge is 0.341 e. The van der Waals surface area contributed by atoms with E-state index < -0.39 is 13.5 Å². The van der Waals surface area contributed by atoms with Crippen LogP contribution in [-0.2, 0) is 9.36 Å². The van der Waals surface area contributed by atoms with E-state index in [2.05, 4.69) is 34.6 Å². The SMILES string of the molecule is CCCCCCCC[PH](=O)C(C(=O)N(CC(C)C)CC(C)C)c1ccccc1. The molecule has 1 aromatic rings. The van der Waals surface area contributed by atoms with Crippen molar-refractivity contribution in [2.24, 2.45) is 11.8 Å². The first-order valence-electron chi connectivity index (χ1n) is 11.2. The van der Waals surface area contributed by atoms with Gasteiger partial charge in [0.15, 0.2) is 0 Å². The maximum absolute atomic E-state index is 13.5. The van der Waals surface area contributed by atoms with Gasteiger partial charge in [-0.3, -0.25) is 4.79 Å². The highest BCUT2D eigenvalue weighted by molar-refractivity contribution is 7.46. The zero-order chi connectivity index (χ0) is 20.9. The summed E-state index contributed by atoms with van der Waals surface area (Å²) >= 11 is 0. The third-order valence-electron chi connectivity index (χ3n) is 4.96. The number of benzene rings is 1. The van der Waals surface area contributed by atoms with E-state index in [1.165, 1.54) is 25.7 Å². The second-order valence-corrected chi connectivity index (χ2v) is 10.9. The molecule has 1 aromatic carbocycles. The van der Waals surface area contributed by atoms with Crippen molar-refractivity contribution in [1.29, 1.82) is 0 Å². The van der Waals surface area contributed by atoms with Crippen LogP contribution >= 0.6 is 7.80 Å². The molecule has 0 aromatic heterocycles. The lowest BCUT2D eigenvalue weighted by Crippen LogP contribution is -2.39. The summed E-state index contributed by atoms with van der Waals surface area (Å²) < 4.78 is 13.3. The highest BCUT2D eigenvalue weighted by atomic mass is 31.1. The normalized spacial score (nSPS) is 13.7. The molecule has 0 radical (unpaired) electrons. The lowest BCUT2D eigenvalue weighted by Gasteiger charge is -2.30. The quantitative estimate of drug-likeness (QED) is 0.251. The summed E-state index contributed by atoms with van der Waals surface area (Å²) in [6, 6.07) is 9.79. The molecule has 0 spiro atoms. The highest BCUT2D eigenvalue weighted by Crippen LogP contribution is 2.43. The second-order valence-electron chi connectivity index (χ2n) is 8.86. The number of hydrogen-bond donors (Lipinski definition) is 0. The van der Waals surface area contributed by atoms with Crippen LogP contribution in [0.15, 0.2) is 30.3 Å². The monoisotopic (exact) mass is 407 g/mol. The Hall–Kier alpha value is -1.08. The lowest BCUT2D eigenvalue weighted by atomic mass is 10.1. The molecule has 28 heavy (non-hydrogen) atoms. The van der Waals surface area contributed by atoms with Gasteiger partial charge >= 0.3 is 0 Å². The van der Waals surface area contributed by atoms with Crippen molar-refractivity contribution in [3.63, 3.8) is 0 Å². The van der Waals surface area contributed by atoms with E-state index in [0.29, 0.717) is 18.0 Å². The fourth-order valence-corrected chi connectivity index (χ4v) is 5.56. The molecule has 0 saturated heterocycles. The number of amides is 1. The minimum atomic E-state index is -2.03. The summed E-state index contributed by atoms with van der Waals surface area (Å²) in [6.45, 7) is 12.2. The summed E-state index contributed by atoms with van der Waals surface area (Å²) in [6.07, 6.45) is 7.75. The van der Waals surface area contributed by atoms with Gasteiger partial charge in [-0.2, -0.15) is 0 Å². The predicted octanol–water partition coefficient (Wildman–Crippen LogP) is 6.79. The van der Waals surface area contributed by atoms with E-state index in [1.807, 2.05) is 35.2 Å². The summed E-state index contributed by atoms with van der Waals surface area (Å²) in [5, 5.41) is 0. The Morgan fingerprint density at radius 1 is 0.893 bits per heavy atom. The number of rotatable bonds is 14. The molecular weight excluding hydrogens is 365 g/mol. The predicted molar refractivity (Wildman–Crippen MR) is 123 cm³/mol. The molecule has 3 nitrogen and oxygen atoms in total. The maximum atomic E-state index is 13.5. The van der Waals surface area contributed by atoms with E-state index in [9.17, 15) is 9.36 Å². The molecule has 1 amide bonds. The fraction of sp³-hybridized carbons (Fsp3) is 0.708. The van der Waals surface area contributed by atoms with Crippen molar-refractivity contribution in [3.8, 4) is 0 Å². The van der Waals surface area contributed by atoms with Crippen LogP contribution < -0.4 is 0 Å². The number of hydrogen-bond acceptors (Lipinski definition) is 2. The standard InChI is InChI=1S/C24H42NO2P/c1-6-7-8-9-10-14-17-28(27)23(22-15-12-11-13-16-22)24(26)25(18-20(2)3)19-21(4)5/h11-13,15-16,20-21,23,28H,6-10,14,17-19H2,1-5H3. The van der Waals surface area contributed by atoms with Gasteiger partial charge in [-0.05, 0) is 30.0 Å². The van der Waals surface area contributed by atoms with Gasteiger partial charge in [0, 0.05) is 13.1 Å². The van der Waals surface area contributed by atoms with Gasteiger partial charge in [0.1, 0.15) is 5.66 Å². The Morgan fingerprint density at radius 3 is 1.96 bits per heavy atom. The van der Waals surface area contributed by atoms with Crippen LogP contribution in [0.25, 0.3) is 0 Å². The van der Waals surface area contributed by atoms with Gasteiger partial charge in [-0.25, -0.2) is 0 Å². The smallest absolute Gasteiger partial charge is 0.237 e. The van der Waals surface area contributed by atoms with E-state index >= 15 is 0 Å². The molecule has 0 saturated carbocycles. The third kappa shape index (κ3) is 9.41. The number of carbonyl (C=O) groups excluding carboxylic acids is 1. The fourth-order valence-electron chi connectivity index (χ4n) is 3.65. The number of unbranched alkanes of at least 4 members (excludes halogenated alkanes) is 5. The van der Waals surface area contributed by atoms with Gasteiger partial charge in [-0.15, -0.1) is 0 Å². The third-order valence-corrected chi connectivity index (χ3v) is 7.03. The van der Waals surface area contributed by atoms with Crippen LogP contribution in [0.3, 0.4) is 0 Å². The van der Waals surface area contributed by atoms with Crippen molar-refractivity contribution >= 4 is 13.7 Å². The average molecular weight is 408 g/mol. The summed E-state index contributed by atoms with van der Waals surface area (Å²) in [7, 11) is -2.03. The van der Waals surface area contributed by atoms with Crippen LogP contribution in [-0.4, -0.2) is 30.1 Å². The lowest BCUT2D eigenvalue weighted by molar-refractivity contribution is -0.132. The molecule has 2 atom stereocenters. The topological polar surface area (TPSA) is 37.4 Å². The minimum absolute atomic E-state index is 0.0588. The van der Waals surface area contributed by atoms with Gasteiger partial charge in [0.2, 0.25) is 5.91 Å². The van der Waals surface area contributed by atoms with Crippen LogP contribution in [0, 0.1) is 11.8 Å². The second kappa shape index (κ2) is 14.0. The molecule has 0 aliphatic rings. The molecule has 1 rings (SSSR count). The first kappa shape index (κ1) is 25.0. The van der Waals surface area contributed by atoms with Crippen molar-refractivity contribution in [2.75, 3.05) is 19.3 Å². The first-order valence-corrected chi connectivity index (χ1v) is 12.9. The summed E-state index contributed by atoms with van der Waals surface area (Å²) in [5.41, 5.74) is 0.444. The van der Waals surface area contributed by atoms with E-state index in [0.717, 1.165) is 31.5 Å². The average Bonchev–Trinajstić information content (AvgIpc) is 2.64. The van der Waals surface area contributed by atoms with E-state index in [-0.39, 0.29) is 5.91 Å². The molecule has 0 aliphatic heterocycles. The molecule has 2 unspecified atom stereocenters. The Labute approximate surface area is 174 Å². The molecule has 0 aliphatic carbocycles. The van der Waals surface area contributed by atoms with Crippen molar-refractivity contribution in [2.45, 2.75) is 78.8 Å². The molecule has 160 valence electrons. The van der Waals surface area contributed by atoms with Crippen LogP contribution in [0.1, 0.15) is 84.4 Å². The molecule has 4 heteroatoms. The van der Waals surface area contributed by atoms with Gasteiger partial charge in [0.25, 0.3) is 0 Å². The first-order chi connectivity index (χ1) is 13.4. The number of carbonyl (C=O) groups is 1. The molecule has 0 fully saturated rings. The maximum Gasteiger partial charge on any atom is 0.237 e. The Morgan fingerprint density at radius 2 is 1.43 bits per heavy atom. The summed E-state index contributed by atoms with van der Waals surface area (Å²) in [4.78, 5) is 15.4. The van der Waals surface area contributed by atoms with Gasteiger partial charge in [0.05, 0.1) is 7.80 Å². The van der Waals surface area contributed by atoms with E-state index in [4.69, 9.17) is 0 Å². The van der Waals surface area contributed by atoms with Crippen molar-refractivity contribution < 1.29 is 9.36 Å². The molecule has 0 N–H and O–H groups in total. The molecule has 0 heterocycles. The zero-order valence-corrected chi connectivity index (χ0v) is 19.7. The Bertz CT molecular complexity index is 561.